The fourth-order valence-corrected chi connectivity index (χ4v) is 4.72. The summed E-state index contributed by atoms with van der Waals surface area (Å²) < 4.78 is 22.9. The van der Waals surface area contributed by atoms with Crippen molar-refractivity contribution in [3.8, 4) is 0 Å². The summed E-state index contributed by atoms with van der Waals surface area (Å²) in [6.45, 7) is 2.04. The second-order valence-corrected chi connectivity index (χ2v) is 7.54. The van der Waals surface area contributed by atoms with Gasteiger partial charge in [-0.15, -0.1) is 11.3 Å². The van der Waals surface area contributed by atoms with Gasteiger partial charge in [-0.25, -0.2) is 13.4 Å². The lowest BCUT2D eigenvalue weighted by Crippen LogP contribution is -2.21. The summed E-state index contributed by atoms with van der Waals surface area (Å²) in [7, 11) is -2.88. The standard InChI is InChI=1S/C10H16N2O2S2/c1-2-7(11)5-10-12-8-3-4-16(13,14)6-9(8)15-10/h7H,2-6,11H2,1H3. The fraction of sp³-hybridized carbons (Fsp3) is 0.700. The first-order valence-corrected chi connectivity index (χ1v) is 8.07. The van der Waals surface area contributed by atoms with Gasteiger partial charge < -0.3 is 5.73 Å². The van der Waals surface area contributed by atoms with E-state index in [9.17, 15) is 8.42 Å². The molecule has 1 atom stereocenters. The number of fused-ring (bicyclic) bond motifs is 1. The Balaban J connectivity index is 2.18. The van der Waals surface area contributed by atoms with Crippen LogP contribution in [0, 0.1) is 0 Å². The van der Waals surface area contributed by atoms with E-state index in [4.69, 9.17) is 5.73 Å². The van der Waals surface area contributed by atoms with E-state index in [-0.39, 0.29) is 17.5 Å². The number of rotatable bonds is 3. The number of aromatic nitrogens is 1. The minimum absolute atomic E-state index is 0.129. The molecule has 0 aromatic carbocycles. The lowest BCUT2D eigenvalue weighted by molar-refractivity contribution is 0.591. The highest BCUT2D eigenvalue weighted by atomic mass is 32.2. The molecule has 4 nitrogen and oxygen atoms in total. The molecule has 2 N–H and O–H groups in total. The van der Waals surface area contributed by atoms with E-state index >= 15 is 0 Å². The maximum Gasteiger partial charge on any atom is 0.155 e. The molecule has 0 aliphatic carbocycles. The smallest absolute Gasteiger partial charge is 0.155 e. The fourth-order valence-electron chi connectivity index (χ4n) is 1.72. The van der Waals surface area contributed by atoms with Crippen LogP contribution in [0.15, 0.2) is 0 Å². The van der Waals surface area contributed by atoms with Gasteiger partial charge in [0.1, 0.15) is 0 Å². The lowest BCUT2D eigenvalue weighted by atomic mass is 10.2. The molecule has 1 aromatic heterocycles. The van der Waals surface area contributed by atoms with Crippen molar-refractivity contribution in [2.24, 2.45) is 5.73 Å². The van der Waals surface area contributed by atoms with Crippen molar-refractivity contribution in [2.75, 3.05) is 5.75 Å². The first kappa shape index (κ1) is 12.0. The number of hydrogen-bond acceptors (Lipinski definition) is 5. The molecule has 0 saturated carbocycles. The van der Waals surface area contributed by atoms with Gasteiger partial charge in [-0.2, -0.15) is 0 Å². The SMILES string of the molecule is CCC(N)Cc1nc2c(s1)CS(=O)(=O)CC2. The molecule has 0 spiro atoms. The van der Waals surface area contributed by atoms with Crippen molar-refractivity contribution in [1.29, 1.82) is 0 Å². The Kier molecular flexibility index (Phi) is 3.32. The second-order valence-electron chi connectivity index (χ2n) is 4.19. The molecule has 0 radical (unpaired) electrons. The summed E-state index contributed by atoms with van der Waals surface area (Å²) >= 11 is 1.51. The maximum absolute atomic E-state index is 11.5. The van der Waals surface area contributed by atoms with E-state index in [2.05, 4.69) is 4.98 Å². The summed E-state index contributed by atoms with van der Waals surface area (Å²) in [4.78, 5) is 5.40. The highest BCUT2D eigenvalue weighted by molar-refractivity contribution is 7.90. The number of sulfone groups is 1. The molecule has 16 heavy (non-hydrogen) atoms. The quantitative estimate of drug-likeness (QED) is 0.876. The highest BCUT2D eigenvalue weighted by Crippen LogP contribution is 2.27. The highest BCUT2D eigenvalue weighted by Gasteiger charge is 2.25. The number of hydrogen-bond donors (Lipinski definition) is 1. The summed E-state index contributed by atoms with van der Waals surface area (Å²) in [5.74, 6) is 0.407. The largest absolute Gasteiger partial charge is 0.327 e. The normalized spacial score (nSPS) is 20.4. The summed E-state index contributed by atoms with van der Waals surface area (Å²) in [5.41, 5.74) is 6.84. The van der Waals surface area contributed by atoms with Gasteiger partial charge >= 0.3 is 0 Å². The number of nitrogens with two attached hydrogens (primary N) is 1. The Morgan fingerprint density at radius 3 is 3.00 bits per heavy atom. The molecule has 6 heteroatoms. The van der Waals surface area contributed by atoms with Crippen LogP contribution in [0.25, 0.3) is 0 Å². The predicted molar refractivity (Wildman–Crippen MR) is 65.3 cm³/mol. The molecule has 1 aliphatic rings. The van der Waals surface area contributed by atoms with Crippen LogP contribution >= 0.6 is 11.3 Å². The zero-order valence-corrected chi connectivity index (χ0v) is 10.9. The molecule has 1 aromatic rings. The molecule has 0 fully saturated rings. The van der Waals surface area contributed by atoms with E-state index in [1.165, 1.54) is 11.3 Å². The van der Waals surface area contributed by atoms with E-state index < -0.39 is 9.84 Å². The van der Waals surface area contributed by atoms with Crippen molar-refractivity contribution in [1.82, 2.24) is 4.98 Å². The first-order chi connectivity index (χ1) is 7.50. The molecule has 1 aliphatic heterocycles. The molecule has 0 amide bonds. The van der Waals surface area contributed by atoms with Crippen LogP contribution in [0.1, 0.15) is 28.9 Å². The van der Waals surface area contributed by atoms with Crippen LogP contribution in [0.2, 0.25) is 0 Å². The van der Waals surface area contributed by atoms with Crippen molar-refractivity contribution in [3.05, 3.63) is 15.6 Å². The van der Waals surface area contributed by atoms with Gasteiger partial charge in [-0.3, -0.25) is 0 Å². The van der Waals surface area contributed by atoms with Gasteiger partial charge in [-0.05, 0) is 6.42 Å². The summed E-state index contributed by atoms with van der Waals surface area (Å²) in [6, 6.07) is 0.129. The molecule has 0 saturated heterocycles. The third-order valence-corrected chi connectivity index (χ3v) is 5.64. The van der Waals surface area contributed by atoms with Crippen molar-refractivity contribution >= 4 is 21.2 Å². The van der Waals surface area contributed by atoms with Gasteiger partial charge in [0.05, 0.1) is 22.2 Å². The molecule has 1 unspecified atom stereocenters. The Bertz CT molecular complexity index is 479. The van der Waals surface area contributed by atoms with Crippen LogP contribution in [0.4, 0.5) is 0 Å². The average Bonchev–Trinajstić information content (AvgIpc) is 2.57. The third-order valence-electron chi connectivity index (χ3n) is 2.78. The van der Waals surface area contributed by atoms with Crippen LogP contribution in [0.3, 0.4) is 0 Å². The van der Waals surface area contributed by atoms with E-state index in [1.807, 2.05) is 6.92 Å². The first-order valence-electron chi connectivity index (χ1n) is 5.43. The molecular weight excluding hydrogens is 244 g/mol. The third kappa shape index (κ3) is 2.61. The monoisotopic (exact) mass is 260 g/mol. The molecular formula is C10H16N2O2S2. The number of aryl methyl sites for hydroxylation is 1. The summed E-state index contributed by atoms with van der Waals surface area (Å²) in [6.07, 6.45) is 2.24. The minimum atomic E-state index is -2.88. The van der Waals surface area contributed by atoms with E-state index in [0.29, 0.717) is 6.42 Å². The molecule has 2 heterocycles. The molecule has 2 rings (SSSR count). The van der Waals surface area contributed by atoms with Crippen LogP contribution in [0.5, 0.6) is 0 Å². The van der Waals surface area contributed by atoms with Crippen molar-refractivity contribution < 1.29 is 8.42 Å². The number of thiazole rings is 1. The average molecular weight is 260 g/mol. The maximum atomic E-state index is 11.5. The Morgan fingerprint density at radius 1 is 1.56 bits per heavy atom. The van der Waals surface area contributed by atoms with E-state index in [0.717, 1.165) is 28.4 Å². The zero-order valence-electron chi connectivity index (χ0n) is 9.27. The van der Waals surface area contributed by atoms with Crippen molar-refractivity contribution in [3.63, 3.8) is 0 Å². The van der Waals surface area contributed by atoms with Gasteiger partial charge in [-0.1, -0.05) is 6.92 Å². The number of nitrogens with zero attached hydrogens (tertiary/aromatic N) is 1. The Morgan fingerprint density at radius 2 is 2.31 bits per heavy atom. The van der Waals surface area contributed by atoms with Crippen LogP contribution in [-0.4, -0.2) is 25.2 Å². The van der Waals surface area contributed by atoms with Gasteiger partial charge in [0.25, 0.3) is 0 Å². The second kappa shape index (κ2) is 4.43. The van der Waals surface area contributed by atoms with Crippen LogP contribution in [-0.2, 0) is 28.4 Å². The van der Waals surface area contributed by atoms with Gasteiger partial charge in [0.15, 0.2) is 9.84 Å². The molecule has 0 bridgehead atoms. The predicted octanol–water partition coefficient (Wildman–Crippen LogP) is 0.894. The van der Waals surface area contributed by atoms with Crippen LogP contribution < -0.4 is 5.73 Å². The summed E-state index contributed by atoms with van der Waals surface area (Å²) in [5, 5.41) is 0.983. The Hall–Kier alpha value is -0.460. The zero-order chi connectivity index (χ0) is 11.8. The van der Waals surface area contributed by atoms with Crippen molar-refractivity contribution in [2.45, 2.75) is 38.0 Å². The lowest BCUT2D eigenvalue weighted by Gasteiger charge is -2.09. The van der Waals surface area contributed by atoms with Gasteiger partial charge in [0, 0.05) is 23.8 Å². The topological polar surface area (TPSA) is 73.0 Å². The minimum Gasteiger partial charge on any atom is -0.327 e. The Labute approximate surface area is 99.8 Å². The van der Waals surface area contributed by atoms with E-state index in [1.54, 1.807) is 0 Å². The molecule has 90 valence electrons. The van der Waals surface area contributed by atoms with Gasteiger partial charge in [0.2, 0.25) is 0 Å².